The molecule has 2 atom stereocenters. The Hall–Kier alpha value is -2.17. The van der Waals surface area contributed by atoms with Crippen LogP contribution in [0.3, 0.4) is 0 Å². The van der Waals surface area contributed by atoms with Crippen molar-refractivity contribution in [3.63, 3.8) is 0 Å². The predicted octanol–water partition coefficient (Wildman–Crippen LogP) is 3.04. The molecule has 1 aromatic rings. The van der Waals surface area contributed by atoms with Crippen molar-refractivity contribution in [1.82, 2.24) is 5.32 Å². The minimum atomic E-state index is -0.584. The number of hydrogen-bond donors (Lipinski definition) is 1. The molecule has 1 heterocycles. The van der Waals surface area contributed by atoms with Crippen LogP contribution in [0.4, 0.5) is 4.79 Å². The van der Waals surface area contributed by atoms with E-state index >= 15 is 0 Å². The normalized spacial score (nSPS) is 21.3. The lowest BCUT2D eigenvalue weighted by atomic mass is 9.88. The summed E-state index contributed by atoms with van der Waals surface area (Å²) >= 11 is 0. The van der Waals surface area contributed by atoms with Crippen molar-refractivity contribution in [1.29, 1.82) is 0 Å². The molecule has 2 unspecified atom stereocenters. The topological polar surface area (TPSA) is 67.8 Å². The van der Waals surface area contributed by atoms with Gasteiger partial charge < -0.3 is 10.1 Å². The number of ether oxygens (including phenoxy) is 1. The zero-order valence-corrected chi connectivity index (χ0v) is 13.4. The molecule has 0 aromatic heterocycles. The van der Waals surface area contributed by atoms with Gasteiger partial charge in [0, 0.05) is 5.71 Å². The van der Waals surface area contributed by atoms with Crippen molar-refractivity contribution < 1.29 is 14.3 Å². The van der Waals surface area contributed by atoms with Gasteiger partial charge in [-0.25, -0.2) is 9.79 Å². The molecule has 0 fully saturated rings. The van der Waals surface area contributed by atoms with Crippen LogP contribution in [0.25, 0.3) is 0 Å². The predicted molar refractivity (Wildman–Crippen MR) is 84.8 cm³/mol. The second-order valence-electron chi connectivity index (χ2n) is 6.09. The molecule has 5 heteroatoms. The summed E-state index contributed by atoms with van der Waals surface area (Å²) in [5.41, 5.74) is 2.48. The van der Waals surface area contributed by atoms with E-state index in [2.05, 4.69) is 10.3 Å². The Morgan fingerprint density at radius 1 is 1.27 bits per heavy atom. The van der Waals surface area contributed by atoms with Crippen LogP contribution in [0.1, 0.15) is 37.9 Å². The summed E-state index contributed by atoms with van der Waals surface area (Å²) in [6.07, 6.45) is 0. The molecular formula is C17H22N2O3. The maximum atomic E-state index is 12.4. The summed E-state index contributed by atoms with van der Waals surface area (Å²) in [6.45, 7) is 8.01. The maximum Gasteiger partial charge on any atom is 0.341 e. The highest BCUT2D eigenvalue weighted by molar-refractivity contribution is 6.08. The van der Waals surface area contributed by atoms with E-state index < -0.39 is 18.0 Å². The number of aryl methyl sites for hydroxylation is 1. The van der Waals surface area contributed by atoms with Crippen molar-refractivity contribution in [3.8, 4) is 0 Å². The average molecular weight is 302 g/mol. The smallest absolute Gasteiger partial charge is 0.341 e. The number of esters is 1. The van der Waals surface area contributed by atoms with Crippen LogP contribution in [0.2, 0.25) is 0 Å². The van der Waals surface area contributed by atoms with Crippen molar-refractivity contribution in [3.05, 3.63) is 35.4 Å². The van der Waals surface area contributed by atoms with Crippen LogP contribution < -0.4 is 5.32 Å². The van der Waals surface area contributed by atoms with E-state index in [9.17, 15) is 9.59 Å². The van der Waals surface area contributed by atoms with Crippen molar-refractivity contribution >= 4 is 17.7 Å². The first-order valence-corrected chi connectivity index (χ1v) is 7.47. The minimum Gasteiger partial charge on any atom is -0.465 e. The first-order chi connectivity index (χ1) is 10.4. The molecule has 2 rings (SSSR count). The lowest BCUT2D eigenvalue weighted by molar-refractivity contribution is -0.148. The second kappa shape index (κ2) is 6.73. The van der Waals surface area contributed by atoms with Crippen LogP contribution in [0.5, 0.6) is 0 Å². The van der Waals surface area contributed by atoms with Gasteiger partial charge in [-0.2, -0.15) is 0 Å². The second-order valence-corrected chi connectivity index (χ2v) is 6.09. The lowest BCUT2D eigenvalue weighted by Gasteiger charge is -2.30. The van der Waals surface area contributed by atoms with Gasteiger partial charge in [-0.1, -0.05) is 43.7 Å². The lowest BCUT2D eigenvalue weighted by Crippen LogP contribution is -2.44. The van der Waals surface area contributed by atoms with Crippen LogP contribution >= 0.6 is 0 Å². The third kappa shape index (κ3) is 3.72. The number of carbonyl (C=O) groups is 2. The Kier molecular flexibility index (Phi) is 4.96. The monoisotopic (exact) mass is 302 g/mol. The number of rotatable bonds is 4. The molecule has 1 aromatic carbocycles. The molecule has 0 spiro atoms. The van der Waals surface area contributed by atoms with Crippen LogP contribution in [-0.2, 0) is 9.53 Å². The summed E-state index contributed by atoms with van der Waals surface area (Å²) in [7, 11) is 0. The van der Waals surface area contributed by atoms with Gasteiger partial charge in [-0.3, -0.25) is 4.79 Å². The molecule has 0 saturated carbocycles. The quantitative estimate of drug-likeness (QED) is 0.869. The SMILES string of the molecule is CC1=NC(=O)NC(c2ccc(C)cc2)C1C(=O)OCC(C)C. The summed E-state index contributed by atoms with van der Waals surface area (Å²) in [6, 6.07) is 6.89. The molecule has 118 valence electrons. The zero-order chi connectivity index (χ0) is 16.3. The molecule has 1 aliphatic rings. The van der Waals surface area contributed by atoms with E-state index in [0.717, 1.165) is 11.1 Å². The van der Waals surface area contributed by atoms with Crippen molar-refractivity contribution in [2.75, 3.05) is 6.61 Å². The number of urea groups is 1. The van der Waals surface area contributed by atoms with Crippen molar-refractivity contribution in [2.24, 2.45) is 16.8 Å². The fourth-order valence-electron chi connectivity index (χ4n) is 2.41. The number of aliphatic imine (C=N–C) groups is 1. The van der Waals surface area contributed by atoms with E-state index in [1.807, 2.05) is 45.0 Å². The Morgan fingerprint density at radius 3 is 2.50 bits per heavy atom. The van der Waals surface area contributed by atoms with Gasteiger partial charge in [0.15, 0.2) is 0 Å². The highest BCUT2D eigenvalue weighted by Gasteiger charge is 2.37. The Labute approximate surface area is 130 Å². The van der Waals surface area contributed by atoms with E-state index in [1.165, 1.54) is 0 Å². The van der Waals surface area contributed by atoms with E-state index in [0.29, 0.717) is 12.3 Å². The number of carbonyl (C=O) groups excluding carboxylic acids is 2. The van der Waals surface area contributed by atoms with E-state index in [-0.39, 0.29) is 11.9 Å². The molecule has 5 nitrogen and oxygen atoms in total. The standard InChI is InChI=1S/C17H22N2O3/c1-10(2)9-22-16(20)14-12(4)18-17(21)19-15(14)13-7-5-11(3)6-8-13/h5-8,10,14-15H,9H2,1-4H3,(H,19,21). The highest BCUT2D eigenvalue weighted by Crippen LogP contribution is 2.28. The third-order valence-electron chi connectivity index (χ3n) is 3.59. The van der Waals surface area contributed by atoms with Gasteiger partial charge in [0.1, 0.15) is 5.92 Å². The first kappa shape index (κ1) is 16.2. The number of hydrogen-bond acceptors (Lipinski definition) is 3. The zero-order valence-electron chi connectivity index (χ0n) is 13.4. The molecule has 0 aliphatic carbocycles. The van der Waals surface area contributed by atoms with Gasteiger partial charge >= 0.3 is 12.0 Å². The Balaban J connectivity index is 2.28. The van der Waals surface area contributed by atoms with E-state index in [1.54, 1.807) is 6.92 Å². The number of nitrogens with zero attached hydrogens (tertiary/aromatic N) is 1. The first-order valence-electron chi connectivity index (χ1n) is 7.47. The summed E-state index contributed by atoms with van der Waals surface area (Å²) in [4.78, 5) is 28.0. The van der Waals surface area contributed by atoms with Crippen LogP contribution in [-0.4, -0.2) is 24.3 Å². The molecule has 0 saturated heterocycles. The van der Waals surface area contributed by atoms with Gasteiger partial charge in [-0.15, -0.1) is 0 Å². The molecule has 1 N–H and O–H groups in total. The molecule has 22 heavy (non-hydrogen) atoms. The number of amides is 2. The molecule has 0 bridgehead atoms. The molecule has 0 radical (unpaired) electrons. The summed E-state index contributed by atoms with van der Waals surface area (Å²) in [5, 5.41) is 2.77. The molecule has 1 aliphatic heterocycles. The third-order valence-corrected chi connectivity index (χ3v) is 3.59. The number of nitrogens with one attached hydrogen (secondary N) is 1. The van der Waals surface area contributed by atoms with Gasteiger partial charge in [0.2, 0.25) is 0 Å². The van der Waals surface area contributed by atoms with Gasteiger partial charge in [0.25, 0.3) is 0 Å². The van der Waals surface area contributed by atoms with Crippen molar-refractivity contribution in [2.45, 2.75) is 33.7 Å². The number of benzene rings is 1. The minimum absolute atomic E-state index is 0.261. The fraction of sp³-hybridized carbons (Fsp3) is 0.471. The van der Waals surface area contributed by atoms with Gasteiger partial charge in [0.05, 0.1) is 12.6 Å². The summed E-state index contributed by atoms with van der Waals surface area (Å²) in [5.74, 6) is -0.670. The average Bonchev–Trinajstić information content (AvgIpc) is 2.44. The Bertz CT molecular complexity index is 590. The maximum absolute atomic E-state index is 12.4. The van der Waals surface area contributed by atoms with Crippen LogP contribution in [0, 0.1) is 18.8 Å². The molecule has 2 amide bonds. The largest absolute Gasteiger partial charge is 0.465 e. The highest BCUT2D eigenvalue weighted by atomic mass is 16.5. The fourth-order valence-corrected chi connectivity index (χ4v) is 2.41. The summed E-state index contributed by atoms with van der Waals surface area (Å²) < 4.78 is 5.35. The Morgan fingerprint density at radius 2 is 1.91 bits per heavy atom. The van der Waals surface area contributed by atoms with Crippen LogP contribution in [0.15, 0.2) is 29.3 Å². The van der Waals surface area contributed by atoms with Gasteiger partial charge in [-0.05, 0) is 25.3 Å². The van der Waals surface area contributed by atoms with E-state index in [4.69, 9.17) is 4.74 Å². The molecular weight excluding hydrogens is 280 g/mol.